The van der Waals surface area contributed by atoms with Crippen LogP contribution in [0.5, 0.6) is 0 Å². The van der Waals surface area contributed by atoms with Crippen molar-refractivity contribution in [3.8, 4) is 0 Å². The topological polar surface area (TPSA) is 221 Å². The quantitative estimate of drug-likeness (QED) is 0.0810. The number of carbonyl (C=O) groups excluding carboxylic acids is 4. The number of nitrogens with two attached hydrogens (primary N) is 4. The molecule has 0 aromatic heterocycles. The van der Waals surface area contributed by atoms with Gasteiger partial charge in [-0.3, -0.25) is 24.2 Å². The third-order valence-electron chi connectivity index (χ3n) is 5.55. The van der Waals surface area contributed by atoms with Gasteiger partial charge in [-0.25, -0.2) is 0 Å². The third-order valence-corrected chi connectivity index (χ3v) is 5.55. The fourth-order valence-corrected chi connectivity index (χ4v) is 3.63. The summed E-state index contributed by atoms with van der Waals surface area (Å²) in [7, 11) is 0. The van der Waals surface area contributed by atoms with Crippen LogP contribution in [0.1, 0.15) is 62.7 Å². The lowest BCUT2D eigenvalue weighted by Crippen LogP contribution is -2.56. The van der Waals surface area contributed by atoms with Crippen molar-refractivity contribution in [3.05, 3.63) is 35.9 Å². The van der Waals surface area contributed by atoms with Gasteiger partial charge in [0.1, 0.15) is 18.1 Å². The van der Waals surface area contributed by atoms with Gasteiger partial charge in [-0.15, -0.1) is 0 Å². The average molecular weight is 519 g/mol. The monoisotopic (exact) mass is 518 g/mol. The second kappa shape index (κ2) is 16.9. The van der Waals surface area contributed by atoms with Crippen molar-refractivity contribution in [2.24, 2.45) is 33.8 Å². The first-order valence-corrected chi connectivity index (χ1v) is 12.6. The number of primary amides is 1. The lowest BCUT2D eigenvalue weighted by atomic mass is 10.0. The Labute approximate surface area is 218 Å². The molecule has 0 unspecified atom stereocenters. The number of aliphatic imine (C=N–C) groups is 1. The Morgan fingerprint density at radius 2 is 1.38 bits per heavy atom. The number of nitrogens with one attached hydrogen (secondary N) is 3. The summed E-state index contributed by atoms with van der Waals surface area (Å²) in [6.45, 7) is 4.51. The van der Waals surface area contributed by atoms with Crippen LogP contribution >= 0.6 is 0 Å². The Morgan fingerprint density at radius 3 is 1.92 bits per heavy atom. The smallest absolute Gasteiger partial charge is 0.251 e. The molecular formula is C25H42N8O4. The molecule has 0 heterocycles. The summed E-state index contributed by atoms with van der Waals surface area (Å²) in [5, 5.41) is 8.12. The molecule has 0 bridgehead atoms. The molecular weight excluding hydrogens is 476 g/mol. The minimum Gasteiger partial charge on any atom is -0.370 e. The van der Waals surface area contributed by atoms with Gasteiger partial charge in [0.05, 0.1) is 0 Å². The van der Waals surface area contributed by atoms with E-state index in [9.17, 15) is 19.2 Å². The van der Waals surface area contributed by atoms with Gasteiger partial charge in [0.2, 0.25) is 17.7 Å². The highest BCUT2D eigenvalue weighted by atomic mass is 16.2. The number of nitrogens with zero attached hydrogens (tertiary/aromatic N) is 1. The normalized spacial score (nSPS) is 13.2. The van der Waals surface area contributed by atoms with E-state index in [1.807, 2.05) is 13.8 Å². The van der Waals surface area contributed by atoms with Crippen molar-refractivity contribution in [1.82, 2.24) is 16.0 Å². The Hall–Kier alpha value is -3.67. The molecule has 206 valence electrons. The molecule has 0 fully saturated rings. The Balaban J connectivity index is 3.04. The predicted octanol–water partition coefficient (Wildman–Crippen LogP) is -0.531. The summed E-state index contributed by atoms with van der Waals surface area (Å²) >= 11 is 0. The van der Waals surface area contributed by atoms with Crippen LogP contribution in [0.2, 0.25) is 0 Å². The third kappa shape index (κ3) is 12.7. The van der Waals surface area contributed by atoms with Crippen LogP contribution in [0, 0.1) is 5.92 Å². The predicted molar refractivity (Wildman–Crippen MR) is 143 cm³/mol. The first-order chi connectivity index (χ1) is 17.5. The molecule has 37 heavy (non-hydrogen) atoms. The summed E-state index contributed by atoms with van der Waals surface area (Å²) in [6.07, 6.45) is 2.53. The van der Waals surface area contributed by atoms with E-state index in [0.717, 1.165) is 0 Å². The van der Waals surface area contributed by atoms with Crippen molar-refractivity contribution >= 4 is 29.6 Å². The largest absolute Gasteiger partial charge is 0.370 e. The number of unbranched alkanes of at least 4 members (excludes halogenated alkanes) is 1. The van der Waals surface area contributed by atoms with Crippen LogP contribution in [-0.2, 0) is 14.4 Å². The van der Waals surface area contributed by atoms with Crippen LogP contribution in [0.15, 0.2) is 35.3 Å². The Kier molecular flexibility index (Phi) is 14.3. The van der Waals surface area contributed by atoms with Crippen molar-refractivity contribution in [1.29, 1.82) is 0 Å². The Morgan fingerprint density at radius 1 is 0.811 bits per heavy atom. The van der Waals surface area contributed by atoms with Gasteiger partial charge in [-0.05, 0) is 63.1 Å². The maximum absolute atomic E-state index is 13.3. The maximum atomic E-state index is 13.3. The maximum Gasteiger partial charge on any atom is 0.251 e. The number of amides is 4. The summed E-state index contributed by atoms with van der Waals surface area (Å²) in [5.41, 5.74) is 22.2. The number of carbonyl (C=O) groups is 4. The van der Waals surface area contributed by atoms with E-state index >= 15 is 0 Å². The number of guanidine groups is 1. The van der Waals surface area contributed by atoms with Crippen molar-refractivity contribution < 1.29 is 19.2 Å². The van der Waals surface area contributed by atoms with Gasteiger partial charge in [0.15, 0.2) is 5.96 Å². The van der Waals surface area contributed by atoms with E-state index in [0.29, 0.717) is 44.2 Å². The summed E-state index contributed by atoms with van der Waals surface area (Å²) in [6, 6.07) is 5.71. The SMILES string of the molecule is CC(C)C[C@H](NC(=O)[C@H](CCCCN)NC(=O)[C@H](CCCN=C(N)N)NC(=O)c1ccccc1)C(N)=O. The molecule has 1 aromatic rings. The first kappa shape index (κ1) is 31.4. The molecule has 11 N–H and O–H groups in total. The lowest BCUT2D eigenvalue weighted by Gasteiger charge is -2.25. The lowest BCUT2D eigenvalue weighted by molar-refractivity contribution is -0.132. The van der Waals surface area contributed by atoms with E-state index in [-0.39, 0.29) is 24.8 Å². The van der Waals surface area contributed by atoms with Crippen LogP contribution < -0.4 is 38.9 Å². The van der Waals surface area contributed by atoms with Crippen LogP contribution in [0.25, 0.3) is 0 Å². The fraction of sp³-hybridized carbons (Fsp3) is 0.560. The van der Waals surface area contributed by atoms with Gasteiger partial charge in [0, 0.05) is 12.1 Å². The van der Waals surface area contributed by atoms with Gasteiger partial charge in [0.25, 0.3) is 5.91 Å². The van der Waals surface area contributed by atoms with Crippen LogP contribution in [0.3, 0.4) is 0 Å². The van der Waals surface area contributed by atoms with Crippen molar-refractivity contribution in [2.45, 2.75) is 70.5 Å². The number of hydrogen-bond donors (Lipinski definition) is 7. The molecule has 1 aromatic carbocycles. The number of rotatable bonds is 17. The average Bonchev–Trinajstić information content (AvgIpc) is 2.84. The zero-order valence-electron chi connectivity index (χ0n) is 21.7. The molecule has 0 saturated heterocycles. The van der Waals surface area contributed by atoms with Crippen molar-refractivity contribution in [2.75, 3.05) is 13.1 Å². The van der Waals surface area contributed by atoms with E-state index in [2.05, 4.69) is 20.9 Å². The number of benzene rings is 1. The van der Waals surface area contributed by atoms with E-state index in [1.54, 1.807) is 30.3 Å². The van der Waals surface area contributed by atoms with E-state index < -0.39 is 41.8 Å². The van der Waals surface area contributed by atoms with Crippen LogP contribution in [-0.4, -0.2) is 60.8 Å². The standard InChI is InChI=1S/C25H42N8O4/c1-16(2)15-20(21(27)34)33-24(37)18(11-6-7-13-26)32-23(36)19(12-8-14-30-25(28)29)31-22(35)17-9-4-3-5-10-17/h3-5,9-10,16,18-20H,6-8,11-15,26H2,1-2H3,(H2,27,34)(H,31,35)(H,32,36)(H,33,37)(H4,28,29,30)/t18-,19-,20-/m0/s1. The molecule has 0 aliphatic heterocycles. The van der Waals surface area contributed by atoms with E-state index in [1.165, 1.54) is 0 Å². The van der Waals surface area contributed by atoms with Crippen LogP contribution in [0.4, 0.5) is 0 Å². The minimum atomic E-state index is -0.950. The summed E-state index contributed by atoms with van der Waals surface area (Å²) in [4.78, 5) is 54.9. The molecule has 0 spiro atoms. The highest BCUT2D eigenvalue weighted by Gasteiger charge is 2.29. The molecule has 4 amide bonds. The van der Waals surface area contributed by atoms with Gasteiger partial charge in [-0.2, -0.15) is 0 Å². The zero-order chi connectivity index (χ0) is 27.8. The Bertz CT molecular complexity index is 903. The molecule has 0 aliphatic rings. The highest BCUT2D eigenvalue weighted by molar-refractivity contribution is 5.98. The second-order valence-corrected chi connectivity index (χ2v) is 9.28. The van der Waals surface area contributed by atoms with Gasteiger partial charge < -0.3 is 38.9 Å². The summed E-state index contributed by atoms with van der Waals surface area (Å²) in [5.74, 6) is -2.11. The molecule has 0 saturated carbocycles. The van der Waals surface area contributed by atoms with Gasteiger partial charge in [-0.1, -0.05) is 32.0 Å². The zero-order valence-corrected chi connectivity index (χ0v) is 21.7. The second-order valence-electron chi connectivity index (χ2n) is 9.28. The summed E-state index contributed by atoms with van der Waals surface area (Å²) < 4.78 is 0. The van der Waals surface area contributed by atoms with E-state index in [4.69, 9.17) is 22.9 Å². The molecule has 12 heteroatoms. The first-order valence-electron chi connectivity index (χ1n) is 12.6. The fourth-order valence-electron chi connectivity index (χ4n) is 3.63. The molecule has 0 aliphatic carbocycles. The highest BCUT2D eigenvalue weighted by Crippen LogP contribution is 2.09. The van der Waals surface area contributed by atoms with Crippen molar-refractivity contribution in [3.63, 3.8) is 0 Å². The van der Waals surface area contributed by atoms with Gasteiger partial charge >= 0.3 is 0 Å². The molecule has 12 nitrogen and oxygen atoms in total. The minimum absolute atomic E-state index is 0.0728. The number of hydrogen-bond acceptors (Lipinski definition) is 6. The molecule has 1 rings (SSSR count). The molecule has 0 radical (unpaired) electrons. The molecule has 3 atom stereocenters.